The summed E-state index contributed by atoms with van der Waals surface area (Å²) in [5.41, 5.74) is -0.648. The van der Waals surface area contributed by atoms with Crippen molar-refractivity contribution in [3.05, 3.63) is 29.6 Å². The van der Waals surface area contributed by atoms with Crippen LogP contribution in [0.3, 0.4) is 0 Å². The molecule has 0 saturated carbocycles. The van der Waals surface area contributed by atoms with Crippen LogP contribution in [0.15, 0.2) is 18.3 Å². The standard InChI is InChI=1S/C8H5F2NO2/c9-8(10)4-13-7(12)5-2-1-3-11-6(5)8/h1-3H,4H2. The van der Waals surface area contributed by atoms with Crippen molar-refractivity contribution in [3.63, 3.8) is 0 Å². The fourth-order valence-electron chi connectivity index (χ4n) is 1.16. The molecule has 13 heavy (non-hydrogen) atoms. The van der Waals surface area contributed by atoms with Crippen molar-refractivity contribution >= 4 is 5.97 Å². The minimum absolute atomic E-state index is 0.154. The van der Waals surface area contributed by atoms with Crippen LogP contribution in [0.1, 0.15) is 16.1 Å². The molecule has 0 unspecified atom stereocenters. The molecule has 1 aromatic rings. The van der Waals surface area contributed by atoms with Crippen molar-refractivity contribution in [1.29, 1.82) is 0 Å². The molecular formula is C8H5F2NO2. The molecule has 0 radical (unpaired) electrons. The van der Waals surface area contributed by atoms with Gasteiger partial charge < -0.3 is 4.74 Å². The lowest BCUT2D eigenvalue weighted by atomic mass is 10.1. The highest BCUT2D eigenvalue weighted by atomic mass is 19.3. The Bertz CT molecular complexity index is 365. The molecule has 2 rings (SSSR count). The molecule has 5 heteroatoms. The number of nitrogens with zero attached hydrogens (tertiary/aromatic N) is 1. The van der Waals surface area contributed by atoms with Gasteiger partial charge in [-0.1, -0.05) is 0 Å². The predicted octanol–water partition coefficient (Wildman–Crippen LogP) is 1.34. The number of carbonyl (C=O) groups excluding carboxylic acids is 1. The number of esters is 1. The molecule has 0 atom stereocenters. The number of ether oxygens (including phenoxy) is 1. The summed E-state index contributed by atoms with van der Waals surface area (Å²) in [6.07, 6.45) is 1.23. The Morgan fingerprint density at radius 1 is 1.54 bits per heavy atom. The van der Waals surface area contributed by atoms with Crippen LogP contribution in [0.25, 0.3) is 0 Å². The first-order valence-corrected chi connectivity index (χ1v) is 3.62. The maximum absolute atomic E-state index is 13.0. The van der Waals surface area contributed by atoms with Crippen LogP contribution in [0.2, 0.25) is 0 Å². The summed E-state index contributed by atoms with van der Waals surface area (Å²) in [4.78, 5) is 14.4. The van der Waals surface area contributed by atoms with E-state index in [9.17, 15) is 13.6 Å². The molecule has 0 N–H and O–H groups in total. The minimum atomic E-state index is -3.16. The summed E-state index contributed by atoms with van der Waals surface area (Å²) < 4.78 is 30.4. The number of cyclic esters (lactones) is 1. The van der Waals surface area contributed by atoms with E-state index in [1.807, 2.05) is 0 Å². The van der Waals surface area contributed by atoms with Gasteiger partial charge in [-0.25, -0.2) is 4.79 Å². The number of fused-ring (bicyclic) bond motifs is 1. The molecule has 2 heterocycles. The van der Waals surface area contributed by atoms with Gasteiger partial charge in [-0.05, 0) is 12.1 Å². The van der Waals surface area contributed by atoms with Gasteiger partial charge in [-0.3, -0.25) is 4.98 Å². The lowest BCUT2D eigenvalue weighted by Crippen LogP contribution is -2.32. The van der Waals surface area contributed by atoms with Gasteiger partial charge >= 0.3 is 11.9 Å². The number of carbonyl (C=O) groups is 1. The van der Waals surface area contributed by atoms with Crippen molar-refractivity contribution in [3.8, 4) is 0 Å². The number of halogens is 2. The maximum Gasteiger partial charge on any atom is 0.340 e. The van der Waals surface area contributed by atoms with Crippen molar-refractivity contribution in [2.75, 3.05) is 6.61 Å². The molecule has 0 aromatic carbocycles. The molecular weight excluding hydrogens is 180 g/mol. The van der Waals surface area contributed by atoms with Gasteiger partial charge in [0, 0.05) is 6.20 Å². The maximum atomic E-state index is 13.0. The highest BCUT2D eigenvalue weighted by Gasteiger charge is 2.43. The van der Waals surface area contributed by atoms with Gasteiger partial charge in [0.05, 0.1) is 5.56 Å². The van der Waals surface area contributed by atoms with Crippen LogP contribution >= 0.6 is 0 Å². The second-order valence-corrected chi connectivity index (χ2v) is 2.68. The van der Waals surface area contributed by atoms with Crippen molar-refractivity contribution in [2.24, 2.45) is 0 Å². The monoisotopic (exact) mass is 185 g/mol. The third kappa shape index (κ3) is 1.16. The van der Waals surface area contributed by atoms with E-state index in [-0.39, 0.29) is 5.56 Å². The van der Waals surface area contributed by atoms with E-state index in [4.69, 9.17) is 0 Å². The lowest BCUT2D eigenvalue weighted by Gasteiger charge is -2.22. The molecule has 0 spiro atoms. The minimum Gasteiger partial charge on any atom is -0.455 e. The zero-order valence-electron chi connectivity index (χ0n) is 6.46. The number of alkyl halides is 2. The van der Waals surface area contributed by atoms with E-state index in [1.54, 1.807) is 0 Å². The van der Waals surface area contributed by atoms with Crippen molar-refractivity contribution in [2.45, 2.75) is 5.92 Å². The van der Waals surface area contributed by atoms with E-state index in [1.165, 1.54) is 18.3 Å². The van der Waals surface area contributed by atoms with E-state index >= 15 is 0 Å². The highest BCUT2D eigenvalue weighted by Crippen LogP contribution is 2.33. The third-order valence-electron chi connectivity index (χ3n) is 1.76. The molecule has 0 aliphatic carbocycles. The number of hydrogen-bond acceptors (Lipinski definition) is 3. The van der Waals surface area contributed by atoms with E-state index < -0.39 is 24.2 Å². The fourth-order valence-corrected chi connectivity index (χ4v) is 1.16. The summed E-state index contributed by atoms with van der Waals surface area (Å²) in [6.45, 7) is -0.921. The first-order valence-electron chi connectivity index (χ1n) is 3.62. The molecule has 0 amide bonds. The van der Waals surface area contributed by atoms with E-state index in [0.29, 0.717) is 0 Å². The van der Waals surface area contributed by atoms with Gasteiger partial charge in [0.2, 0.25) is 0 Å². The Labute approximate surface area is 72.3 Å². The quantitative estimate of drug-likeness (QED) is 0.572. The van der Waals surface area contributed by atoms with Crippen LogP contribution in [-0.4, -0.2) is 17.6 Å². The SMILES string of the molecule is O=C1OCC(F)(F)c2ncccc21. The van der Waals surface area contributed by atoms with Gasteiger partial charge in [0.25, 0.3) is 0 Å². The van der Waals surface area contributed by atoms with Crippen LogP contribution < -0.4 is 0 Å². The molecule has 0 saturated heterocycles. The number of rotatable bonds is 0. The topological polar surface area (TPSA) is 39.2 Å². The average Bonchev–Trinajstić information content (AvgIpc) is 2.13. The Balaban J connectivity index is 2.61. The lowest BCUT2D eigenvalue weighted by molar-refractivity contribution is -0.0792. The first-order chi connectivity index (χ1) is 6.11. The zero-order valence-corrected chi connectivity index (χ0v) is 6.46. The summed E-state index contributed by atoms with van der Waals surface area (Å²) in [7, 11) is 0. The fraction of sp³-hybridized carbons (Fsp3) is 0.250. The highest BCUT2D eigenvalue weighted by molar-refractivity contribution is 5.91. The number of hydrogen-bond donors (Lipinski definition) is 0. The molecule has 3 nitrogen and oxygen atoms in total. The van der Waals surface area contributed by atoms with Crippen LogP contribution in [0, 0.1) is 0 Å². The van der Waals surface area contributed by atoms with Crippen LogP contribution in [-0.2, 0) is 10.7 Å². The summed E-state index contributed by atoms with van der Waals surface area (Å²) in [5, 5.41) is 0. The molecule has 1 aliphatic rings. The second-order valence-electron chi connectivity index (χ2n) is 2.68. The van der Waals surface area contributed by atoms with Gasteiger partial charge in [0.1, 0.15) is 5.69 Å². The largest absolute Gasteiger partial charge is 0.455 e. The zero-order chi connectivity index (χ0) is 9.47. The molecule has 1 aliphatic heterocycles. The van der Waals surface area contributed by atoms with Gasteiger partial charge in [-0.2, -0.15) is 8.78 Å². The first kappa shape index (κ1) is 8.10. The number of pyridine rings is 1. The van der Waals surface area contributed by atoms with Gasteiger partial charge in [-0.15, -0.1) is 0 Å². The summed E-state index contributed by atoms with van der Waals surface area (Å²) in [5.74, 6) is -3.90. The van der Waals surface area contributed by atoms with E-state index in [0.717, 1.165) is 0 Å². The molecule has 0 bridgehead atoms. The average molecular weight is 185 g/mol. The van der Waals surface area contributed by atoms with Crippen LogP contribution in [0.5, 0.6) is 0 Å². The summed E-state index contributed by atoms with van der Waals surface area (Å²) >= 11 is 0. The normalized spacial score (nSPS) is 19.1. The van der Waals surface area contributed by atoms with Crippen LogP contribution in [0.4, 0.5) is 8.78 Å². The smallest absolute Gasteiger partial charge is 0.340 e. The Hall–Kier alpha value is -1.52. The Morgan fingerprint density at radius 2 is 2.31 bits per heavy atom. The second kappa shape index (κ2) is 2.48. The third-order valence-corrected chi connectivity index (χ3v) is 1.76. The van der Waals surface area contributed by atoms with Gasteiger partial charge in [0.15, 0.2) is 6.61 Å². The van der Waals surface area contributed by atoms with E-state index in [2.05, 4.69) is 9.72 Å². The molecule has 1 aromatic heterocycles. The number of aromatic nitrogens is 1. The van der Waals surface area contributed by atoms with Crippen molar-refractivity contribution < 1.29 is 18.3 Å². The molecule has 0 fully saturated rings. The van der Waals surface area contributed by atoms with Crippen molar-refractivity contribution in [1.82, 2.24) is 4.98 Å². The Kier molecular flexibility index (Phi) is 1.55. The Morgan fingerprint density at radius 3 is 3.00 bits per heavy atom. The summed E-state index contributed by atoms with van der Waals surface area (Å²) in [6, 6.07) is 2.69. The molecule has 68 valence electrons. The predicted molar refractivity (Wildman–Crippen MR) is 38.4 cm³/mol.